The summed E-state index contributed by atoms with van der Waals surface area (Å²) in [6, 6.07) is 15.6. The number of nitrogens with two attached hydrogens (primary N) is 1. The fraction of sp³-hybridized carbons (Fsp3) is 0.136. The van der Waals surface area contributed by atoms with E-state index in [1.165, 1.54) is 0 Å². The third-order valence-corrected chi connectivity index (χ3v) is 5.49. The van der Waals surface area contributed by atoms with Gasteiger partial charge in [-0.2, -0.15) is 0 Å². The summed E-state index contributed by atoms with van der Waals surface area (Å²) in [5.74, 6) is 0.577. The van der Waals surface area contributed by atoms with Gasteiger partial charge in [0.15, 0.2) is 0 Å². The van der Waals surface area contributed by atoms with Gasteiger partial charge in [-0.25, -0.2) is 4.98 Å². The Morgan fingerprint density at radius 3 is 2.73 bits per heavy atom. The van der Waals surface area contributed by atoms with Crippen LogP contribution in [0.2, 0.25) is 10.0 Å². The van der Waals surface area contributed by atoms with E-state index in [9.17, 15) is 0 Å². The van der Waals surface area contributed by atoms with Crippen molar-refractivity contribution >= 4 is 39.9 Å². The molecule has 5 rings (SSSR count). The van der Waals surface area contributed by atoms with E-state index in [4.69, 9.17) is 38.4 Å². The molecule has 0 fully saturated rings. The molecule has 0 saturated heterocycles. The number of hydrogen-bond acceptors (Lipinski definition) is 5. The van der Waals surface area contributed by atoms with E-state index < -0.39 is 0 Å². The van der Waals surface area contributed by atoms with Crippen molar-refractivity contribution in [3.05, 3.63) is 75.3 Å². The number of halogens is 2. The van der Waals surface area contributed by atoms with Gasteiger partial charge in [0.25, 0.3) is 5.82 Å². The highest BCUT2D eigenvalue weighted by atomic mass is 35.5. The molecule has 1 aromatic heterocycles. The van der Waals surface area contributed by atoms with Gasteiger partial charge in [-0.05, 0) is 45.7 Å². The van der Waals surface area contributed by atoms with E-state index in [2.05, 4.69) is 21.0 Å². The lowest BCUT2D eigenvalue weighted by molar-refractivity contribution is -0.387. The van der Waals surface area contributed by atoms with Crippen molar-refractivity contribution in [1.29, 1.82) is 0 Å². The molecule has 0 bridgehead atoms. The summed E-state index contributed by atoms with van der Waals surface area (Å²) in [7, 11) is 0. The summed E-state index contributed by atoms with van der Waals surface area (Å²) in [6.07, 6.45) is 0. The van der Waals surface area contributed by atoms with Gasteiger partial charge in [-0.3, -0.25) is 0 Å². The maximum absolute atomic E-state index is 6.65. The van der Waals surface area contributed by atoms with Crippen molar-refractivity contribution in [3.8, 4) is 17.4 Å². The maximum atomic E-state index is 6.65. The first-order valence-corrected chi connectivity index (χ1v) is 10.1. The fourth-order valence-electron chi connectivity index (χ4n) is 3.71. The van der Waals surface area contributed by atoms with Gasteiger partial charge >= 0.3 is 12.0 Å². The molecule has 0 unspecified atom stereocenters. The molecule has 0 radical (unpaired) electrons. The van der Waals surface area contributed by atoms with Crippen molar-refractivity contribution in [2.45, 2.75) is 19.8 Å². The van der Waals surface area contributed by atoms with E-state index in [-0.39, 0.29) is 18.6 Å². The van der Waals surface area contributed by atoms with Crippen LogP contribution in [0.4, 0.5) is 5.95 Å². The van der Waals surface area contributed by atoms with Gasteiger partial charge in [0.2, 0.25) is 0 Å². The molecule has 0 aliphatic carbocycles. The van der Waals surface area contributed by atoms with Gasteiger partial charge in [0, 0.05) is 5.02 Å². The van der Waals surface area contributed by atoms with E-state index >= 15 is 0 Å². The van der Waals surface area contributed by atoms with Gasteiger partial charge in [0.05, 0.1) is 23.8 Å². The normalized spacial score (nSPS) is 12.9. The molecule has 1 aliphatic rings. The predicted molar refractivity (Wildman–Crippen MR) is 115 cm³/mol. The predicted octanol–water partition coefficient (Wildman–Crippen LogP) is 4.61. The Morgan fingerprint density at radius 1 is 1.03 bits per heavy atom. The number of aromatic amines is 1. The minimum absolute atomic E-state index is 0.181. The van der Waals surface area contributed by atoms with Crippen LogP contribution in [0.15, 0.2) is 48.5 Å². The molecule has 150 valence electrons. The molecule has 0 spiro atoms. The van der Waals surface area contributed by atoms with Crippen LogP contribution in [0.1, 0.15) is 16.7 Å². The topological polar surface area (TPSA) is 84.4 Å². The first-order valence-electron chi connectivity index (χ1n) is 9.33. The number of nitrogens with zero attached hydrogens (tertiary/aromatic N) is 2. The van der Waals surface area contributed by atoms with Gasteiger partial charge < -0.3 is 15.2 Å². The Hall–Kier alpha value is -2.93. The van der Waals surface area contributed by atoms with Crippen molar-refractivity contribution in [2.75, 3.05) is 5.73 Å². The minimum Gasteiger partial charge on any atom is -0.442 e. The molecule has 0 saturated carbocycles. The second-order valence-electron chi connectivity index (χ2n) is 7.01. The third-order valence-electron chi connectivity index (χ3n) is 4.95. The quantitative estimate of drug-likeness (QED) is 0.501. The van der Waals surface area contributed by atoms with E-state index in [1.54, 1.807) is 0 Å². The number of rotatable bonds is 4. The number of H-pyrrole nitrogens is 1. The zero-order valence-corrected chi connectivity index (χ0v) is 17.3. The van der Waals surface area contributed by atoms with Crippen molar-refractivity contribution in [2.24, 2.45) is 0 Å². The summed E-state index contributed by atoms with van der Waals surface area (Å²) in [4.78, 5) is 11.8. The number of anilines is 1. The molecule has 0 atom stereocenters. The van der Waals surface area contributed by atoms with Crippen LogP contribution in [0.25, 0.3) is 22.2 Å². The molecule has 30 heavy (non-hydrogen) atoms. The van der Waals surface area contributed by atoms with Crippen molar-refractivity contribution in [3.63, 3.8) is 0 Å². The highest BCUT2D eigenvalue weighted by Crippen LogP contribution is 2.39. The number of aromatic nitrogens is 3. The zero-order valence-electron chi connectivity index (χ0n) is 15.8. The summed E-state index contributed by atoms with van der Waals surface area (Å²) >= 11 is 12.7. The molecule has 0 amide bonds. The highest BCUT2D eigenvalue weighted by Gasteiger charge is 2.24. The third kappa shape index (κ3) is 3.54. The van der Waals surface area contributed by atoms with Crippen LogP contribution >= 0.6 is 23.2 Å². The second kappa shape index (κ2) is 7.72. The summed E-state index contributed by atoms with van der Waals surface area (Å²) in [6.45, 7) is 1.36. The number of benzene rings is 3. The van der Waals surface area contributed by atoms with Gasteiger partial charge in [-0.1, -0.05) is 63.5 Å². The van der Waals surface area contributed by atoms with Crippen LogP contribution in [0.3, 0.4) is 0 Å². The molecule has 1 aliphatic heterocycles. The molecular formula is C22H17Cl2N4O2+. The molecule has 6 nitrogen and oxygen atoms in total. The molecule has 2 heterocycles. The van der Waals surface area contributed by atoms with Crippen molar-refractivity contribution < 1.29 is 14.5 Å². The summed E-state index contributed by atoms with van der Waals surface area (Å²) < 4.78 is 11.5. The monoisotopic (exact) mass is 439 g/mol. The molecule has 3 aromatic carbocycles. The Balaban J connectivity index is 1.57. The Bertz CT molecular complexity index is 1280. The molecule has 8 heteroatoms. The Kier molecular flexibility index (Phi) is 4.90. The summed E-state index contributed by atoms with van der Waals surface area (Å²) in [5, 5.41) is 3.26. The second-order valence-corrected chi connectivity index (χ2v) is 7.85. The molecule has 4 aromatic rings. The summed E-state index contributed by atoms with van der Waals surface area (Å²) in [5.41, 5.74) is 9.80. The van der Waals surface area contributed by atoms with Crippen LogP contribution in [-0.4, -0.2) is 9.97 Å². The fourth-order valence-corrected chi connectivity index (χ4v) is 4.24. The van der Waals surface area contributed by atoms with Crippen molar-refractivity contribution in [1.82, 2.24) is 9.97 Å². The first kappa shape index (κ1) is 19.1. The van der Waals surface area contributed by atoms with Crippen LogP contribution in [-0.2, 0) is 24.6 Å². The first-order chi connectivity index (χ1) is 14.6. The van der Waals surface area contributed by atoms with Crippen LogP contribution in [0.5, 0.6) is 6.01 Å². The number of hydrogen-bond donors (Lipinski definition) is 1. The van der Waals surface area contributed by atoms with Crippen LogP contribution in [0, 0.1) is 0 Å². The molecular weight excluding hydrogens is 423 g/mol. The highest BCUT2D eigenvalue weighted by molar-refractivity contribution is 6.35. The number of nitrogens with one attached hydrogen (secondary N) is 1. The van der Waals surface area contributed by atoms with Crippen LogP contribution < -0.4 is 15.5 Å². The van der Waals surface area contributed by atoms with Gasteiger partial charge in [-0.15, -0.1) is 0 Å². The average molecular weight is 440 g/mol. The largest absolute Gasteiger partial charge is 0.442 e. The molecule has 3 N–H and O–H groups in total. The zero-order chi connectivity index (χ0) is 20.7. The number of ether oxygens (including phenoxy) is 2. The lowest BCUT2D eigenvalue weighted by Crippen LogP contribution is -2.19. The smallest absolute Gasteiger partial charge is 0.403 e. The Labute approximate surface area is 182 Å². The Morgan fingerprint density at radius 2 is 1.87 bits per heavy atom. The standard InChI is InChI=1S/C22H16Cl2N4O2/c23-15-5-1-3-12(7-15)9-30-22-27-20(26-21(25)28-22)19-16-6-2-4-13-10-29-11-14(18(13)16)8-17(19)24/h1-8H,9-11H2,(H2,25,26,27,28)/p+1. The van der Waals surface area contributed by atoms with E-state index in [0.717, 1.165) is 27.5 Å². The van der Waals surface area contributed by atoms with Gasteiger partial charge in [0.1, 0.15) is 6.61 Å². The minimum atomic E-state index is 0.181. The SMILES string of the molecule is Nc1nc(-c2c(Cl)cc3c4c(cccc24)COC3)nc(OCc2cccc(Cl)c2)[nH+]1. The lowest BCUT2D eigenvalue weighted by atomic mass is 9.94. The van der Waals surface area contributed by atoms with E-state index in [0.29, 0.717) is 34.6 Å². The number of nitrogen functional groups attached to an aromatic ring is 1. The maximum Gasteiger partial charge on any atom is 0.403 e. The lowest BCUT2D eigenvalue weighted by Gasteiger charge is -2.19. The van der Waals surface area contributed by atoms with E-state index in [1.807, 2.05) is 42.5 Å². The average Bonchev–Trinajstić information content (AvgIpc) is 2.72.